The Hall–Kier alpha value is -2.48. The number of para-hydroxylation sites is 1. The molecule has 2 aromatic rings. The van der Waals surface area contributed by atoms with Crippen LogP contribution in [0.25, 0.3) is 0 Å². The van der Waals surface area contributed by atoms with Crippen molar-refractivity contribution in [3.63, 3.8) is 0 Å². The summed E-state index contributed by atoms with van der Waals surface area (Å²) in [4.78, 5) is 26.1. The standard InChI is InChI=1S/C18H16ClFN2O4/c19-12-6-11(7-13(20)8-12)9-21-16(24)18(26)15(23)10-22(17(18)25)14-4-2-1-3-5-14/h1-8,15,23,26H,9-10H2,(H,21,24)/t15-,18?/m0/s1. The zero-order valence-corrected chi connectivity index (χ0v) is 14.3. The molecule has 1 saturated heterocycles. The first-order valence-corrected chi connectivity index (χ1v) is 8.21. The quantitative estimate of drug-likeness (QED) is 0.698. The van der Waals surface area contributed by atoms with Crippen molar-refractivity contribution in [1.29, 1.82) is 0 Å². The van der Waals surface area contributed by atoms with Gasteiger partial charge in [0.15, 0.2) is 0 Å². The first-order chi connectivity index (χ1) is 12.3. The van der Waals surface area contributed by atoms with E-state index in [4.69, 9.17) is 11.6 Å². The lowest BCUT2D eigenvalue weighted by atomic mass is 9.98. The van der Waals surface area contributed by atoms with Gasteiger partial charge in [-0.05, 0) is 35.9 Å². The molecule has 0 bridgehead atoms. The van der Waals surface area contributed by atoms with E-state index in [2.05, 4.69) is 5.32 Å². The fourth-order valence-electron chi connectivity index (χ4n) is 2.85. The molecule has 3 N–H and O–H groups in total. The third-order valence-corrected chi connectivity index (χ3v) is 4.42. The second kappa shape index (κ2) is 7.03. The van der Waals surface area contributed by atoms with Crippen LogP contribution in [0.2, 0.25) is 5.02 Å². The number of nitrogens with one attached hydrogen (secondary N) is 1. The number of rotatable bonds is 4. The monoisotopic (exact) mass is 378 g/mol. The van der Waals surface area contributed by atoms with Crippen LogP contribution in [0.3, 0.4) is 0 Å². The maximum Gasteiger partial charge on any atom is 0.271 e. The normalized spacial score (nSPS) is 22.5. The number of β-amino-alcohol motifs (C(OH)–C–C–N with tert-alkyl or cyclic N) is 1. The minimum Gasteiger partial charge on any atom is -0.387 e. The Bertz CT molecular complexity index is 828. The molecule has 0 spiro atoms. The Labute approximate surface area is 153 Å². The number of benzene rings is 2. The van der Waals surface area contributed by atoms with E-state index in [1.807, 2.05) is 0 Å². The molecule has 2 aromatic carbocycles. The Kier molecular flexibility index (Phi) is 4.95. The van der Waals surface area contributed by atoms with Gasteiger partial charge in [0, 0.05) is 17.3 Å². The van der Waals surface area contributed by atoms with Crippen LogP contribution in [0.4, 0.5) is 10.1 Å². The largest absolute Gasteiger partial charge is 0.387 e. The molecule has 1 aliphatic rings. The van der Waals surface area contributed by atoms with E-state index < -0.39 is 29.3 Å². The van der Waals surface area contributed by atoms with E-state index in [1.54, 1.807) is 30.3 Å². The van der Waals surface area contributed by atoms with Crippen molar-refractivity contribution in [2.75, 3.05) is 11.4 Å². The van der Waals surface area contributed by atoms with E-state index in [0.29, 0.717) is 11.3 Å². The Balaban J connectivity index is 1.76. The highest BCUT2D eigenvalue weighted by molar-refractivity contribution is 6.30. The van der Waals surface area contributed by atoms with Gasteiger partial charge < -0.3 is 20.4 Å². The van der Waals surface area contributed by atoms with Gasteiger partial charge in [-0.15, -0.1) is 0 Å². The van der Waals surface area contributed by atoms with Gasteiger partial charge in [-0.3, -0.25) is 9.59 Å². The number of halogens is 2. The van der Waals surface area contributed by atoms with Crippen LogP contribution >= 0.6 is 11.6 Å². The number of hydrogen-bond donors (Lipinski definition) is 3. The van der Waals surface area contributed by atoms with Crippen molar-refractivity contribution in [2.45, 2.75) is 18.2 Å². The maximum atomic E-state index is 13.3. The van der Waals surface area contributed by atoms with Gasteiger partial charge in [-0.2, -0.15) is 0 Å². The Morgan fingerprint density at radius 1 is 1.31 bits per heavy atom. The topological polar surface area (TPSA) is 89.9 Å². The van der Waals surface area contributed by atoms with E-state index in [1.165, 1.54) is 12.1 Å². The smallest absolute Gasteiger partial charge is 0.271 e. The van der Waals surface area contributed by atoms with Gasteiger partial charge in [0.25, 0.3) is 11.8 Å². The molecule has 136 valence electrons. The van der Waals surface area contributed by atoms with Gasteiger partial charge in [0.05, 0.1) is 6.54 Å². The Morgan fingerprint density at radius 3 is 2.65 bits per heavy atom. The summed E-state index contributed by atoms with van der Waals surface area (Å²) in [6, 6.07) is 12.1. The van der Waals surface area contributed by atoms with Crippen LogP contribution in [-0.4, -0.2) is 40.3 Å². The minimum atomic E-state index is -2.62. The average Bonchev–Trinajstić information content (AvgIpc) is 2.85. The van der Waals surface area contributed by atoms with Crippen molar-refractivity contribution in [2.24, 2.45) is 0 Å². The van der Waals surface area contributed by atoms with E-state index in [-0.39, 0.29) is 18.1 Å². The van der Waals surface area contributed by atoms with Crippen LogP contribution in [0.1, 0.15) is 5.56 Å². The lowest BCUT2D eigenvalue weighted by molar-refractivity contribution is -0.157. The summed E-state index contributed by atoms with van der Waals surface area (Å²) >= 11 is 5.75. The predicted octanol–water partition coefficient (Wildman–Crippen LogP) is 1.23. The SMILES string of the molecule is O=C(NCc1cc(F)cc(Cl)c1)C1(O)C(=O)N(c2ccccc2)C[C@@H]1O. The van der Waals surface area contributed by atoms with Gasteiger partial charge in [-0.1, -0.05) is 29.8 Å². The Morgan fingerprint density at radius 2 is 2.00 bits per heavy atom. The highest BCUT2D eigenvalue weighted by Gasteiger charge is 2.58. The number of hydrogen-bond acceptors (Lipinski definition) is 4. The first kappa shape index (κ1) is 18.3. The van der Waals surface area contributed by atoms with Crippen molar-refractivity contribution >= 4 is 29.1 Å². The lowest BCUT2D eigenvalue weighted by Gasteiger charge is -2.23. The summed E-state index contributed by atoms with van der Waals surface area (Å²) in [5.74, 6) is -2.56. The van der Waals surface area contributed by atoms with Crippen molar-refractivity contribution in [1.82, 2.24) is 5.32 Å². The van der Waals surface area contributed by atoms with Crippen LogP contribution < -0.4 is 10.2 Å². The summed E-state index contributed by atoms with van der Waals surface area (Å²) in [6.07, 6.45) is -1.61. The predicted molar refractivity (Wildman–Crippen MR) is 93.0 cm³/mol. The number of carbonyl (C=O) groups is 2. The molecule has 6 nitrogen and oxygen atoms in total. The van der Waals surface area contributed by atoms with Gasteiger partial charge in [0.2, 0.25) is 5.60 Å². The summed E-state index contributed by atoms with van der Waals surface area (Å²) in [5.41, 5.74) is -1.81. The van der Waals surface area contributed by atoms with E-state index in [9.17, 15) is 24.2 Å². The van der Waals surface area contributed by atoms with Crippen molar-refractivity contribution in [3.8, 4) is 0 Å². The first-order valence-electron chi connectivity index (χ1n) is 7.83. The number of nitrogens with zero attached hydrogens (tertiary/aromatic N) is 1. The molecule has 0 aromatic heterocycles. The molecule has 1 heterocycles. The van der Waals surface area contributed by atoms with Crippen molar-refractivity contribution < 1.29 is 24.2 Å². The summed E-state index contributed by atoms with van der Waals surface area (Å²) in [6.45, 7) is -0.386. The molecule has 3 rings (SSSR count). The third kappa shape index (κ3) is 3.29. The van der Waals surface area contributed by atoms with Crippen LogP contribution in [0, 0.1) is 5.82 Å². The van der Waals surface area contributed by atoms with Gasteiger partial charge in [0.1, 0.15) is 11.9 Å². The molecule has 1 aliphatic heterocycles. The minimum absolute atomic E-state index is 0.153. The zero-order valence-electron chi connectivity index (χ0n) is 13.5. The fraction of sp³-hybridized carbons (Fsp3) is 0.222. The number of anilines is 1. The molecule has 8 heteroatoms. The molecule has 26 heavy (non-hydrogen) atoms. The van der Waals surface area contributed by atoms with Gasteiger partial charge >= 0.3 is 0 Å². The average molecular weight is 379 g/mol. The molecule has 1 unspecified atom stereocenters. The molecule has 0 radical (unpaired) electrons. The summed E-state index contributed by atoms with van der Waals surface area (Å²) in [7, 11) is 0. The highest BCUT2D eigenvalue weighted by Crippen LogP contribution is 2.29. The van der Waals surface area contributed by atoms with Crippen LogP contribution in [0.5, 0.6) is 0 Å². The second-order valence-corrected chi connectivity index (χ2v) is 6.43. The highest BCUT2D eigenvalue weighted by atomic mass is 35.5. The molecule has 2 amide bonds. The second-order valence-electron chi connectivity index (χ2n) is 5.99. The molecule has 1 fully saturated rings. The zero-order chi connectivity index (χ0) is 18.9. The number of amides is 2. The van der Waals surface area contributed by atoms with Crippen LogP contribution in [-0.2, 0) is 16.1 Å². The number of aliphatic hydroxyl groups excluding tert-OH is 1. The number of aliphatic hydroxyl groups is 2. The fourth-order valence-corrected chi connectivity index (χ4v) is 3.09. The van der Waals surface area contributed by atoms with Gasteiger partial charge in [-0.25, -0.2) is 4.39 Å². The van der Waals surface area contributed by atoms with E-state index in [0.717, 1.165) is 11.0 Å². The van der Waals surface area contributed by atoms with Crippen molar-refractivity contribution in [3.05, 3.63) is 64.9 Å². The van der Waals surface area contributed by atoms with Crippen LogP contribution in [0.15, 0.2) is 48.5 Å². The number of carbonyl (C=O) groups excluding carboxylic acids is 2. The molecule has 0 aliphatic carbocycles. The summed E-state index contributed by atoms with van der Waals surface area (Å²) in [5, 5.41) is 23.2. The molecule has 2 atom stereocenters. The maximum absolute atomic E-state index is 13.3. The van der Waals surface area contributed by atoms with E-state index >= 15 is 0 Å². The molecule has 0 saturated carbocycles. The molecular formula is C18H16ClFN2O4. The third-order valence-electron chi connectivity index (χ3n) is 4.20. The summed E-state index contributed by atoms with van der Waals surface area (Å²) < 4.78 is 13.3. The molecular weight excluding hydrogens is 363 g/mol. The lowest BCUT2D eigenvalue weighted by Crippen LogP contribution is -2.57.